The van der Waals surface area contributed by atoms with Gasteiger partial charge in [0.05, 0.1) is 11.6 Å². The zero-order valence-electron chi connectivity index (χ0n) is 12.7. The maximum absolute atomic E-state index is 12.1. The highest BCUT2D eigenvalue weighted by molar-refractivity contribution is 6.14. The molecule has 3 rings (SSSR count). The highest BCUT2D eigenvalue weighted by Gasteiger charge is 2.30. The molecule has 4 heteroatoms. The van der Waals surface area contributed by atoms with Crippen molar-refractivity contribution in [3.8, 4) is 5.75 Å². The summed E-state index contributed by atoms with van der Waals surface area (Å²) in [5, 5.41) is 5.76. The quantitative estimate of drug-likeness (QED) is 0.864. The van der Waals surface area contributed by atoms with Gasteiger partial charge in [-0.2, -0.15) is 5.10 Å². The third-order valence-electron chi connectivity index (χ3n) is 3.79. The minimum absolute atomic E-state index is 0.00968. The summed E-state index contributed by atoms with van der Waals surface area (Å²) in [6, 6.07) is 17.4. The van der Waals surface area contributed by atoms with E-state index in [9.17, 15) is 4.79 Å². The lowest BCUT2D eigenvalue weighted by molar-refractivity contribution is -0.119. The molecule has 0 aromatic heterocycles. The van der Waals surface area contributed by atoms with E-state index < -0.39 is 0 Å². The molecule has 0 fully saturated rings. The number of amides is 1. The minimum atomic E-state index is -0.144. The summed E-state index contributed by atoms with van der Waals surface area (Å²) >= 11 is 0. The first kappa shape index (κ1) is 14.3. The predicted octanol–water partition coefficient (Wildman–Crippen LogP) is 3.62. The zero-order chi connectivity index (χ0) is 15.5. The molecule has 112 valence electrons. The van der Waals surface area contributed by atoms with E-state index in [0.717, 1.165) is 22.7 Å². The highest BCUT2D eigenvalue weighted by atomic mass is 16.5. The van der Waals surface area contributed by atoms with Crippen LogP contribution in [-0.2, 0) is 11.4 Å². The number of anilines is 1. The van der Waals surface area contributed by atoms with E-state index in [0.29, 0.717) is 6.61 Å². The van der Waals surface area contributed by atoms with Gasteiger partial charge in [-0.05, 0) is 43.7 Å². The Balaban J connectivity index is 1.67. The molecule has 0 saturated heterocycles. The van der Waals surface area contributed by atoms with Crippen molar-refractivity contribution < 1.29 is 9.53 Å². The molecule has 1 amide bonds. The highest BCUT2D eigenvalue weighted by Crippen LogP contribution is 2.25. The molecule has 1 aliphatic heterocycles. The van der Waals surface area contributed by atoms with Crippen molar-refractivity contribution in [3.63, 3.8) is 0 Å². The average Bonchev–Trinajstić information content (AvgIpc) is 2.82. The molecule has 0 N–H and O–H groups in total. The lowest BCUT2D eigenvalue weighted by Crippen LogP contribution is -2.25. The van der Waals surface area contributed by atoms with Gasteiger partial charge in [0.1, 0.15) is 12.4 Å². The summed E-state index contributed by atoms with van der Waals surface area (Å²) in [4.78, 5) is 12.1. The fourth-order valence-corrected chi connectivity index (χ4v) is 2.27. The lowest BCUT2D eigenvalue weighted by Gasteiger charge is -2.13. The van der Waals surface area contributed by atoms with Gasteiger partial charge < -0.3 is 4.74 Å². The first-order valence-electron chi connectivity index (χ1n) is 7.31. The van der Waals surface area contributed by atoms with Crippen LogP contribution in [0.4, 0.5) is 5.69 Å². The molecule has 1 atom stereocenters. The first-order chi connectivity index (χ1) is 10.6. The number of carbonyl (C=O) groups excluding carboxylic acids is 1. The van der Waals surface area contributed by atoms with E-state index >= 15 is 0 Å². The van der Waals surface area contributed by atoms with Gasteiger partial charge >= 0.3 is 0 Å². The molecule has 2 aromatic rings. The predicted molar refractivity (Wildman–Crippen MR) is 87.0 cm³/mol. The van der Waals surface area contributed by atoms with E-state index in [4.69, 9.17) is 4.74 Å². The van der Waals surface area contributed by atoms with Crippen molar-refractivity contribution in [2.75, 3.05) is 5.01 Å². The maximum atomic E-state index is 12.1. The van der Waals surface area contributed by atoms with E-state index in [1.165, 1.54) is 5.01 Å². The van der Waals surface area contributed by atoms with Crippen LogP contribution in [-0.4, -0.2) is 11.6 Å². The third-order valence-corrected chi connectivity index (χ3v) is 3.79. The molecule has 0 saturated carbocycles. The molecule has 22 heavy (non-hydrogen) atoms. The summed E-state index contributed by atoms with van der Waals surface area (Å²) < 4.78 is 5.74. The third kappa shape index (κ3) is 2.86. The van der Waals surface area contributed by atoms with Crippen molar-refractivity contribution in [2.45, 2.75) is 20.5 Å². The van der Waals surface area contributed by atoms with Gasteiger partial charge in [-0.15, -0.1) is 0 Å². The summed E-state index contributed by atoms with van der Waals surface area (Å²) in [5.41, 5.74) is 2.73. The molecule has 0 aliphatic carbocycles. The Labute approximate surface area is 130 Å². The minimum Gasteiger partial charge on any atom is -0.489 e. The molecule has 1 aliphatic rings. The fraction of sp³-hybridized carbons (Fsp3) is 0.222. The molecular weight excluding hydrogens is 276 g/mol. The zero-order valence-corrected chi connectivity index (χ0v) is 12.7. The number of rotatable bonds is 4. The Morgan fingerprint density at radius 1 is 1.09 bits per heavy atom. The summed E-state index contributed by atoms with van der Waals surface area (Å²) in [6.07, 6.45) is 0. The molecule has 0 spiro atoms. The van der Waals surface area contributed by atoms with Crippen LogP contribution in [0, 0.1) is 5.92 Å². The van der Waals surface area contributed by atoms with E-state index in [-0.39, 0.29) is 11.8 Å². The largest absolute Gasteiger partial charge is 0.489 e. The van der Waals surface area contributed by atoms with Crippen LogP contribution in [0.25, 0.3) is 0 Å². The van der Waals surface area contributed by atoms with E-state index in [2.05, 4.69) is 5.10 Å². The molecule has 4 nitrogen and oxygen atoms in total. The van der Waals surface area contributed by atoms with E-state index in [1.807, 2.05) is 68.4 Å². The van der Waals surface area contributed by atoms with Crippen LogP contribution in [0.15, 0.2) is 59.7 Å². The van der Waals surface area contributed by atoms with Crippen molar-refractivity contribution >= 4 is 17.3 Å². The molecule has 0 bridgehead atoms. The molecule has 1 heterocycles. The van der Waals surface area contributed by atoms with Crippen molar-refractivity contribution in [3.05, 3.63) is 60.2 Å². The van der Waals surface area contributed by atoms with Crippen molar-refractivity contribution in [2.24, 2.45) is 11.0 Å². The Morgan fingerprint density at radius 3 is 2.36 bits per heavy atom. The van der Waals surface area contributed by atoms with Crippen LogP contribution < -0.4 is 9.75 Å². The smallest absolute Gasteiger partial charge is 0.255 e. The van der Waals surface area contributed by atoms with Crippen LogP contribution >= 0.6 is 0 Å². The number of nitrogens with zero attached hydrogens (tertiary/aromatic N) is 2. The van der Waals surface area contributed by atoms with Gasteiger partial charge in [0.25, 0.3) is 5.91 Å². The van der Waals surface area contributed by atoms with Gasteiger partial charge in [0.2, 0.25) is 0 Å². The maximum Gasteiger partial charge on any atom is 0.255 e. The lowest BCUT2D eigenvalue weighted by atomic mass is 10.1. The monoisotopic (exact) mass is 294 g/mol. The molecule has 2 aromatic carbocycles. The topological polar surface area (TPSA) is 41.9 Å². The fourth-order valence-electron chi connectivity index (χ4n) is 2.27. The average molecular weight is 294 g/mol. The SMILES string of the molecule is CC1=NN(c2ccc(OCc3ccccc3)cc2)C(=O)C1C. The van der Waals surface area contributed by atoms with Crippen LogP contribution in [0.5, 0.6) is 5.75 Å². The number of hydrogen-bond acceptors (Lipinski definition) is 3. The first-order valence-corrected chi connectivity index (χ1v) is 7.31. The van der Waals surface area contributed by atoms with Gasteiger partial charge in [0.15, 0.2) is 0 Å². The Kier molecular flexibility index (Phi) is 3.92. The summed E-state index contributed by atoms with van der Waals surface area (Å²) in [5.74, 6) is 0.637. The number of hydrazone groups is 1. The Bertz CT molecular complexity index is 693. The van der Waals surface area contributed by atoms with Gasteiger partial charge in [-0.1, -0.05) is 30.3 Å². The second-order valence-electron chi connectivity index (χ2n) is 5.38. The second-order valence-corrected chi connectivity index (χ2v) is 5.38. The number of benzene rings is 2. The number of carbonyl (C=O) groups is 1. The number of ether oxygens (including phenoxy) is 1. The van der Waals surface area contributed by atoms with Crippen LogP contribution in [0.2, 0.25) is 0 Å². The summed E-state index contributed by atoms with van der Waals surface area (Å²) in [6.45, 7) is 4.27. The standard InChI is InChI=1S/C18H18N2O2/c1-13-14(2)19-20(18(13)21)16-8-10-17(11-9-16)22-12-15-6-4-3-5-7-15/h3-11,13H,12H2,1-2H3. The van der Waals surface area contributed by atoms with Crippen molar-refractivity contribution in [1.29, 1.82) is 0 Å². The molecule has 1 unspecified atom stereocenters. The number of hydrogen-bond donors (Lipinski definition) is 0. The van der Waals surface area contributed by atoms with Crippen molar-refractivity contribution in [1.82, 2.24) is 0 Å². The van der Waals surface area contributed by atoms with Crippen LogP contribution in [0.3, 0.4) is 0 Å². The molecule has 0 radical (unpaired) electrons. The Hall–Kier alpha value is -2.62. The van der Waals surface area contributed by atoms with Gasteiger partial charge in [0, 0.05) is 5.71 Å². The van der Waals surface area contributed by atoms with Crippen LogP contribution in [0.1, 0.15) is 19.4 Å². The normalized spacial score (nSPS) is 17.5. The second kappa shape index (κ2) is 6.02. The van der Waals surface area contributed by atoms with E-state index in [1.54, 1.807) is 0 Å². The Morgan fingerprint density at radius 2 is 1.77 bits per heavy atom. The molecular formula is C18H18N2O2. The van der Waals surface area contributed by atoms with Gasteiger partial charge in [-0.3, -0.25) is 4.79 Å². The van der Waals surface area contributed by atoms with Gasteiger partial charge in [-0.25, -0.2) is 5.01 Å². The summed E-state index contributed by atoms with van der Waals surface area (Å²) in [7, 11) is 0.